The number of alkyl halides is 3. The fourth-order valence-electron chi connectivity index (χ4n) is 2.85. The highest BCUT2D eigenvalue weighted by molar-refractivity contribution is 5.77. The molecule has 24 heavy (non-hydrogen) atoms. The molecular formula is C17H14F4N2O. The van der Waals surface area contributed by atoms with E-state index in [1.807, 2.05) is 0 Å². The second-order valence-corrected chi connectivity index (χ2v) is 5.63. The molecular weight excluding hydrogens is 324 g/mol. The van der Waals surface area contributed by atoms with Crippen LogP contribution in [0.2, 0.25) is 0 Å². The zero-order valence-electron chi connectivity index (χ0n) is 12.8. The van der Waals surface area contributed by atoms with Crippen molar-refractivity contribution in [1.29, 1.82) is 0 Å². The minimum atomic E-state index is -4.67. The van der Waals surface area contributed by atoms with Crippen molar-refractivity contribution in [3.05, 3.63) is 53.1 Å². The van der Waals surface area contributed by atoms with Crippen LogP contribution in [0.25, 0.3) is 11.1 Å². The molecule has 0 unspecified atom stereocenters. The van der Waals surface area contributed by atoms with Crippen LogP contribution in [-0.4, -0.2) is 15.8 Å². The lowest BCUT2D eigenvalue weighted by atomic mass is 9.99. The Morgan fingerprint density at radius 1 is 1.21 bits per heavy atom. The number of carbonyl (C=O) groups is 1. The second kappa shape index (κ2) is 5.89. The number of pyridine rings is 1. The largest absolute Gasteiger partial charge is 0.433 e. The molecule has 7 heteroatoms. The number of halogens is 4. The Kier molecular flexibility index (Phi) is 4.03. The minimum absolute atomic E-state index is 0.0175. The van der Waals surface area contributed by atoms with Crippen LogP contribution in [0.3, 0.4) is 0 Å². The molecule has 0 radical (unpaired) electrons. The van der Waals surface area contributed by atoms with Gasteiger partial charge in [-0.3, -0.25) is 4.79 Å². The molecule has 2 aromatic rings. The van der Waals surface area contributed by atoms with Crippen molar-refractivity contribution in [3.63, 3.8) is 0 Å². The van der Waals surface area contributed by atoms with Crippen LogP contribution in [0.4, 0.5) is 17.6 Å². The quantitative estimate of drug-likeness (QED) is 0.771. The average molecular weight is 338 g/mol. The highest BCUT2D eigenvalue weighted by Gasteiger charge is 2.36. The van der Waals surface area contributed by atoms with E-state index in [-0.39, 0.29) is 17.0 Å². The summed E-state index contributed by atoms with van der Waals surface area (Å²) in [7, 11) is 0. The predicted octanol–water partition coefficient (Wildman–Crippen LogP) is 4.16. The third-order valence-corrected chi connectivity index (χ3v) is 4.02. The van der Waals surface area contributed by atoms with Gasteiger partial charge in [0.1, 0.15) is 5.82 Å². The molecule has 0 bridgehead atoms. The van der Waals surface area contributed by atoms with Crippen LogP contribution in [0.5, 0.6) is 0 Å². The van der Waals surface area contributed by atoms with Gasteiger partial charge in [0, 0.05) is 25.1 Å². The first-order chi connectivity index (χ1) is 11.3. The summed E-state index contributed by atoms with van der Waals surface area (Å²) in [4.78, 5) is 16.6. The summed E-state index contributed by atoms with van der Waals surface area (Å²) in [6.07, 6.45) is -3.75. The number of aromatic nitrogens is 1. The first-order valence-electron chi connectivity index (χ1n) is 7.42. The molecule has 0 saturated heterocycles. The van der Waals surface area contributed by atoms with Crippen molar-refractivity contribution in [2.75, 3.05) is 0 Å². The third kappa shape index (κ3) is 2.98. The second-order valence-electron chi connectivity index (χ2n) is 5.63. The highest BCUT2D eigenvalue weighted by Crippen LogP contribution is 2.37. The molecule has 0 N–H and O–H groups in total. The van der Waals surface area contributed by atoms with Gasteiger partial charge < -0.3 is 4.90 Å². The molecule has 1 aliphatic heterocycles. The van der Waals surface area contributed by atoms with E-state index in [1.54, 1.807) is 24.0 Å². The molecule has 0 aliphatic carbocycles. The van der Waals surface area contributed by atoms with E-state index in [9.17, 15) is 22.4 Å². The molecule has 126 valence electrons. The lowest BCUT2D eigenvalue weighted by molar-refractivity contribution is -0.140. The number of hydrogen-bond donors (Lipinski definition) is 0. The van der Waals surface area contributed by atoms with E-state index in [2.05, 4.69) is 4.98 Å². The number of carbonyl (C=O) groups excluding carboxylic acids is 1. The Morgan fingerprint density at radius 3 is 2.58 bits per heavy atom. The van der Waals surface area contributed by atoms with Crippen LogP contribution in [0.1, 0.15) is 30.2 Å². The van der Waals surface area contributed by atoms with E-state index >= 15 is 0 Å². The summed E-state index contributed by atoms with van der Waals surface area (Å²) < 4.78 is 52.8. The summed E-state index contributed by atoms with van der Waals surface area (Å²) in [5.74, 6) is -0.850. The van der Waals surface area contributed by atoms with Crippen molar-refractivity contribution >= 4 is 5.91 Å². The van der Waals surface area contributed by atoms with Gasteiger partial charge >= 0.3 is 6.18 Å². The first-order valence-corrected chi connectivity index (χ1v) is 7.42. The topological polar surface area (TPSA) is 33.2 Å². The summed E-state index contributed by atoms with van der Waals surface area (Å²) in [6.45, 7) is 2.54. The lowest BCUT2D eigenvalue weighted by Gasteiger charge is -2.13. The number of hydrogen-bond acceptors (Lipinski definition) is 2. The van der Waals surface area contributed by atoms with Crippen LogP contribution in [0.15, 0.2) is 30.5 Å². The fraction of sp³-hybridized carbons (Fsp3) is 0.294. The number of fused-ring (bicyclic) bond motifs is 1. The molecule has 0 saturated carbocycles. The maximum Gasteiger partial charge on any atom is 0.433 e. The predicted molar refractivity (Wildman–Crippen MR) is 79.2 cm³/mol. The first kappa shape index (κ1) is 16.4. The summed E-state index contributed by atoms with van der Waals surface area (Å²) in [5, 5.41) is 0. The number of amides is 1. The van der Waals surface area contributed by atoms with Crippen molar-refractivity contribution in [2.45, 2.75) is 32.6 Å². The zero-order chi connectivity index (χ0) is 17.5. The van der Waals surface area contributed by atoms with E-state index in [1.165, 1.54) is 6.07 Å². The molecule has 1 aliphatic rings. The Balaban J connectivity index is 2.02. The van der Waals surface area contributed by atoms with Gasteiger partial charge in [0.15, 0.2) is 5.69 Å². The van der Waals surface area contributed by atoms with Gasteiger partial charge in [0.25, 0.3) is 0 Å². The molecule has 1 aromatic carbocycles. The zero-order valence-corrected chi connectivity index (χ0v) is 12.8. The van der Waals surface area contributed by atoms with E-state index < -0.39 is 17.7 Å². The minimum Gasteiger partial charge on any atom is -0.334 e. The highest BCUT2D eigenvalue weighted by atomic mass is 19.4. The van der Waals surface area contributed by atoms with Gasteiger partial charge in [-0.25, -0.2) is 9.37 Å². The number of nitrogens with zero attached hydrogens (tertiary/aromatic N) is 2. The fourth-order valence-corrected chi connectivity index (χ4v) is 2.85. The van der Waals surface area contributed by atoms with Crippen LogP contribution in [-0.2, 0) is 24.1 Å². The van der Waals surface area contributed by atoms with Crippen molar-refractivity contribution in [1.82, 2.24) is 9.88 Å². The Hall–Kier alpha value is -2.44. The molecule has 0 atom stereocenters. The van der Waals surface area contributed by atoms with Gasteiger partial charge in [0.05, 0.1) is 6.20 Å². The Morgan fingerprint density at radius 2 is 1.92 bits per heavy atom. The van der Waals surface area contributed by atoms with Crippen molar-refractivity contribution < 1.29 is 22.4 Å². The molecule has 1 aromatic heterocycles. The molecule has 0 spiro atoms. The lowest BCUT2D eigenvalue weighted by Crippen LogP contribution is -2.23. The molecule has 1 amide bonds. The van der Waals surface area contributed by atoms with Crippen molar-refractivity contribution in [2.24, 2.45) is 0 Å². The van der Waals surface area contributed by atoms with Crippen LogP contribution in [0, 0.1) is 5.82 Å². The van der Waals surface area contributed by atoms with E-state index in [0.29, 0.717) is 25.7 Å². The molecule has 3 rings (SSSR count). The maximum atomic E-state index is 13.4. The maximum absolute atomic E-state index is 13.4. The van der Waals surface area contributed by atoms with E-state index in [0.717, 1.165) is 17.2 Å². The third-order valence-electron chi connectivity index (χ3n) is 4.02. The Bertz CT molecular complexity index is 802. The van der Waals surface area contributed by atoms with E-state index in [4.69, 9.17) is 0 Å². The van der Waals surface area contributed by atoms with Crippen LogP contribution >= 0.6 is 0 Å². The van der Waals surface area contributed by atoms with Gasteiger partial charge in [-0.15, -0.1) is 0 Å². The van der Waals surface area contributed by atoms with Gasteiger partial charge in [0.2, 0.25) is 5.91 Å². The number of benzene rings is 1. The molecule has 2 heterocycles. The van der Waals surface area contributed by atoms with Gasteiger partial charge in [-0.2, -0.15) is 13.2 Å². The summed E-state index contributed by atoms with van der Waals surface area (Å²) in [6, 6.07) is 5.59. The molecule has 3 nitrogen and oxygen atoms in total. The standard InChI is InChI=1S/C17H14F4N2O/c1-2-15(24)23-8-11-4-3-10(5-12(11)9-23)14-6-13(18)7-22-16(14)17(19,20)21/h3-7H,2,8-9H2,1H3. The normalized spacial score (nSPS) is 14.0. The molecule has 0 fully saturated rings. The van der Waals surface area contributed by atoms with Crippen LogP contribution < -0.4 is 0 Å². The number of rotatable bonds is 2. The smallest absolute Gasteiger partial charge is 0.334 e. The SMILES string of the molecule is CCC(=O)N1Cc2ccc(-c3cc(F)cnc3C(F)(F)F)cc2C1. The Labute approximate surface area is 135 Å². The monoisotopic (exact) mass is 338 g/mol. The average Bonchev–Trinajstić information content (AvgIpc) is 2.95. The summed E-state index contributed by atoms with van der Waals surface area (Å²) in [5.41, 5.74) is 0.470. The van der Waals surface area contributed by atoms with Gasteiger partial charge in [-0.1, -0.05) is 19.1 Å². The summed E-state index contributed by atoms with van der Waals surface area (Å²) >= 11 is 0. The van der Waals surface area contributed by atoms with Gasteiger partial charge in [-0.05, 0) is 28.8 Å². The van der Waals surface area contributed by atoms with Crippen molar-refractivity contribution in [3.8, 4) is 11.1 Å².